The molecule has 0 aliphatic carbocycles. The van der Waals surface area contributed by atoms with Gasteiger partial charge in [-0.15, -0.1) is 0 Å². The Morgan fingerprint density at radius 3 is 2.48 bits per heavy atom. The lowest BCUT2D eigenvalue weighted by Gasteiger charge is -2.27. The third kappa shape index (κ3) is 4.38. The normalized spacial score (nSPS) is 13.9. The average Bonchev–Trinajstić information content (AvgIpc) is 2.78. The number of amides is 2. The molecule has 1 saturated heterocycles. The first-order chi connectivity index (χ1) is 14.9. The van der Waals surface area contributed by atoms with Crippen LogP contribution in [0.1, 0.15) is 40.7 Å². The molecule has 0 atom stereocenters. The van der Waals surface area contributed by atoms with Gasteiger partial charge in [-0.3, -0.25) is 19.0 Å². The van der Waals surface area contributed by atoms with Gasteiger partial charge in [-0.25, -0.2) is 0 Å². The van der Waals surface area contributed by atoms with Crippen LogP contribution in [0.25, 0.3) is 10.9 Å². The summed E-state index contributed by atoms with van der Waals surface area (Å²) in [6.07, 6.45) is 3.10. The van der Waals surface area contributed by atoms with Gasteiger partial charge in [0.05, 0.1) is 11.1 Å². The van der Waals surface area contributed by atoms with Crippen LogP contribution in [0, 0.1) is 13.8 Å². The zero-order chi connectivity index (χ0) is 22.0. The number of likely N-dealkylation sites (tertiary alicyclic amines) is 1. The molecular formula is C25H27N3O3. The number of carbonyl (C=O) groups is 2. The molecule has 31 heavy (non-hydrogen) atoms. The van der Waals surface area contributed by atoms with Crippen LogP contribution in [-0.4, -0.2) is 34.4 Å². The maximum atomic E-state index is 13.1. The zero-order valence-electron chi connectivity index (χ0n) is 18.0. The second kappa shape index (κ2) is 8.76. The van der Waals surface area contributed by atoms with Crippen LogP contribution in [0.15, 0.2) is 53.3 Å². The fraction of sp³-hybridized carbons (Fsp3) is 0.320. The minimum absolute atomic E-state index is 0.111. The number of carbonyl (C=O) groups excluding carboxylic acids is 2. The summed E-state index contributed by atoms with van der Waals surface area (Å²) in [6.45, 7) is 5.21. The molecule has 160 valence electrons. The molecule has 1 aromatic heterocycles. The number of rotatable bonds is 4. The van der Waals surface area contributed by atoms with Crippen LogP contribution < -0.4 is 10.9 Å². The summed E-state index contributed by atoms with van der Waals surface area (Å²) in [6, 6.07) is 14.5. The Morgan fingerprint density at radius 1 is 0.968 bits per heavy atom. The van der Waals surface area contributed by atoms with E-state index in [9.17, 15) is 14.4 Å². The molecule has 2 aromatic carbocycles. The summed E-state index contributed by atoms with van der Waals surface area (Å²) in [5.41, 5.74) is 3.39. The highest BCUT2D eigenvalue weighted by atomic mass is 16.2. The highest BCUT2D eigenvalue weighted by Crippen LogP contribution is 2.21. The van der Waals surface area contributed by atoms with Gasteiger partial charge >= 0.3 is 0 Å². The number of pyridine rings is 1. The van der Waals surface area contributed by atoms with E-state index in [1.807, 2.05) is 55.1 Å². The molecule has 2 amide bonds. The molecule has 0 bridgehead atoms. The molecule has 1 N–H and O–H groups in total. The predicted octanol–water partition coefficient (Wildman–Crippen LogP) is 3.88. The lowest BCUT2D eigenvalue weighted by molar-refractivity contribution is -0.116. The first-order valence-corrected chi connectivity index (χ1v) is 10.7. The first-order valence-electron chi connectivity index (χ1n) is 10.7. The largest absolute Gasteiger partial charge is 0.339 e. The number of fused-ring (bicyclic) bond motifs is 1. The maximum Gasteiger partial charge on any atom is 0.254 e. The van der Waals surface area contributed by atoms with Crippen LogP contribution in [0.2, 0.25) is 0 Å². The molecule has 4 rings (SSSR count). The molecular weight excluding hydrogens is 390 g/mol. The van der Waals surface area contributed by atoms with E-state index in [2.05, 4.69) is 5.32 Å². The number of piperidine rings is 1. The summed E-state index contributed by atoms with van der Waals surface area (Å²) < 4.78 is 1.43. The van der Waals surface area contributed by atoms with Crippen molar-refractivity contribution in [2.75, 3.05) is 18.4 Å². The van der Waals surface area contributed by atoms with Gasteiger partial charge in [0, 0.05) is 30.2 Å². The van der Waals surface area contributed by atoms with Crippen LogP contribution in [-0.2, 0) is 11.3 Å². The van der Waals surface area contributed by atoms with Gasteiger partial charge in [0.1, 0.15) is 6.54 Å². The number of anilines is 1. The third-order valence-electron chi connectivity index (χ3n) is 5.86. The number of nitrogens with zero attached hydrogens (tertiary/aromatic N) is 2. The fourth-order valence-corrected chi connectivity index (χ4v) is 4.15. The highest BCUT2D eigenvalue weighted by Gasteiger charge is 2.22. The van der Waals surface area contributed by atoms with E-state index >= 15 is 0 Å². The fourth-order valence-electron chi connectivity index (χ4n) is 4.15. The Bertz CT molecular complexity index is 1210. The van der Waals surface area contributed by atoms with Crippen LogP contribution >= 0.6 is 0 Å². The van der Waals surface area contributed by atoms with Gasteiger partial charge in [0.15, 0.2) is 0 Å². The van der Waals surface area contributed by atoms with E-state index in [4.69, 9.17) is 0 Å². The maximum absolute atomic E-state index is 13.1. The van der Waals surface area contributed by atoms with Crippen molar-refractivity contribution in [3.05, 3.63) is 75.6 Å². The Labute approximate surface area is 181 Å². The van der Waals surface area contributed by atoms with Crippen LogP contribution in [0.3, 0.4) is 0 Å². The van der Waals surface area contributed by atoms with E-state index < -0.39 is 0 Å². The van der Waals surface area contributed by atoms with Gasteiger partial charge in [0.25, 0.3) is 11.5 Å². The number of para-hydroxylation sites is 1. The van der Waals surface area contributed by atoms with E-state index in [0.717, 1.165) is 36.1 Å². The number of hydrogen-bond acceptors (Lipinski definition) is 3. The lowest BCUT2D eigenvalue weighted by atomic mass is 10.0. The minimum atomic E-state index is -0.352. The van der Waals surface area contributed by atoms with Crippen molar-refractivity contribution in [1.29, 1.82) is 0 Å². The summed E-state index contributed by atoms with van der Waals surface area (Å²) in [5.74, 6) is -0.393. The molecule has 1 fully saturated rings. The SMILES string of the molecule is Cc1ccc(C)c(NC(=O)Cn2c(=O)cc(C(=O)N3CCCCC3)c3ccccc32)c1. The molecule has 2 heterocycles. The van der Waals surface area contributed by atoms with Crippen molar-refractivity contribution < 1.29 is 9.59 Å². The van der Waals surface area contributed by atoms with Gasteiger partial charge in [0.2, 0.25) is 5.91 Å². The van der Waals surface area contributed by atoms with E-state index in [-0.39, 0.29) is 23.9 Å². The molecule has 6 heteroatoms. The Kier molecular flexibility index (Phi) is 5.89. The van der Waals surface area contributed by atoms with E-state index in [0.29, 0.717) is 29.6 Å². The second-order valence-electron chi connectivity index (χ2n) is 8.22. The summed E-state index contributed by atoms with van der Waals surface area (Å²) in [5, 5.41) is 3.60. The molecule has 0 radical (unpaired) electrons. The smallest absolute Gasteiger partial charge is 0.254 e. The highest BCUT2D eigenvalue weighted by molar-refractivity contribution is 6.06. The van der Waals surface area contributed by atoms with E-state index in [1.165, 1.54) is 10.6 Å². The van der Waals surface area contributed by atoms with Crippen molar-refractivity contribution in [1.82, 2.24) is 9.47 Å². The monoisotopic (exact) mass is 417 g/mol. The van der Waals surface area contributed by atoms with Crippen molar-refractivity contribution in [2.24, 2.45) is 0 Å². The third-order valence-corrected chi connectivity index (χ3v) is 5.86. The Morgan fingerprint density at radius 2 is 1.71 bits per heavy atom. The van der Waals surface area contributed by atoms with Crippen LogP contribution in [0.5, 0.6) is 0 Å². The molecule has 1 aliphatic rings. The summed E-state index contributed by atoms with van der Waals surface area (Å²) >= 11 is 0. The number of aromatic nitrogens is 1. The van der Waals surface area contributed by atoms with Crippen molar-refractivity contribution in [3.63, 3.8) is 0 Å². The molecule has 0 unspecified atom stereocenters. The number of nitrogens with one attached hydrogen (secondary N) is 1. The van der Waals surface area contributed by atoms with Gasteiger partial charge in [-0.05, 0) is 56.4 Å². The standard InChI is InChI=1S/C25H27N3O3/c1-17-10-11-18(2)21(14-17)26-23(29)16-28-22-9-5-4-8-19(22)20(15-24(28)30)25(31)27-12-6-3-7-13-27/h4-5,8-11,14-15H,3,6-7,12-13,16H2,1-2H3,(H,26,29). The Hall–Kier alpha value is -3.41. The van der Waals surface area contributed by atoms with Crippen molar-refractivity contribution >= 4 is 28.4 Å². The molecule has 3 aromatic rings. The number of benzene rings is 2. The quantitative estimate of drug-likeness (QED) is 0.700. The topological polar surface area (TPSA) is 71.4 Å². The summed E-state index contributed by atoms with van der Waals surface area (Å²) in [4.78, 5) is 40.7. The lowest BCUT2D eigenvalue weighted by Crippen LogP contribution is -2.37. The van der Waals surface area contributed by atoms with Gasteiger partial charge in [-0.2, -0.15) is 0 Å². The number of aryl methyl sites for hydroxylation is 2. The zero-order valence-corrected chi connectivity index (χ0v) is 18.0. The predicted molar refractivity (Wildman–Crippen MR) is 123 cm³/mol. The number of hydrogen-bond donors (Lipinski definition) is 1. The minimum Gasteiger partial charge on any atom is -0.339 e. The van der Waals surface area contributed by atoms with Gasteiger partial charge < -0.3 is 10.2 Å². The summed E-state index contributed by atoms with van der Waals surface area (Å²) in [7, 11) is 0. The molecule has 6 nitrogen and oxygen atoms in total. The van der Waals surface area contributed by atoms with Crippen molar-refractivity contribution in [3.8, 4) is 0 Å². The van der Waals surface area contributed by atoms with Crippen LogP contribution in [0.4, 0.5) is 5.69 Å². The van der Waals surface area contributed by atoms with E-state index in [1.54, 1.807) is 6.07 Å². The van der Waals surface area contributed by atoms with Gasteiger partial charge in [-0.1, -0.05) is 30.3 Å². The average molecular weight is 418 g/mol. The molecule has 1 aliphatic heterocycles. The Balaban J connectivity index is 1.67. The first kappa shape index (κ1) is 20.8. The second-order valence-corrected chi connectivity index (χ2v) is 8.22. The molecule has 0 spiro atoms. The molecule has 0 saturated carbocycles. The van der Waals surface area contributed by atoms with Crippen molar-refractivity contribution in [2.45, 2.75) is 39.7 Å².